The van der Waals surface area contributed by atoms with Gasteiger partial charge in [-0.3, -0.25) is 9.59 Å². The van der Waals surface area contributed by atoms with Crippen molar-refractivity contribution in [3.63, 3.8) is 0 Å². The highest BCUT2D eigenvalue weighted by atomic mass is 16.5. The van der Waals surface area contributed by atoms with Gasteiger partial charge in [0, 0.05) is 29.1 Å². The van der Waals surface area contributed by atoms with Gasteiger partial charge in [0.1, 0.15) is 12.4 Å². The Labute approximate surface area is 209 Å². The van der Waals surface area contributed by atoms with Gasteiger partial charge in [-0.05, 0) is 30.2 Å². The number of carboxylic acids is 1. The van der Waals surface area contributed by atoms with E-state index in [1.54, 1.807) is 24.3 Å². The third kappa shape index (κ3) is 8.57. The average Bonchev–Trinajstić information content (AvgIpc) is 3.22. The summed E-state index contributed by atoms with van der Waals surface area (Å²) in [7, 11) is 0. The minimum atomic E-state index is -0.846. The molecule has 3 aromatic rings. The van der Waals surface area contributed by atoms with E-state index in [0.717, 1.165) is 34.9 Å². The molecule has 2 aromatic carbocycles. The fourth-order valence-electron chi connectivity index (χ4n) is 4.52. The van der Waals surface area contributed by atoms with E-state index in [9.17, 15) is 9.59 Å². The van der Waals surface area contributed by atoms with Crippen LogP contribution in [0.25, 0.3) is 10.9 Å². The molecule has 0 aliphatic rings. The Kier molecular flexibility index (Phi) is 10.9. The molecule has 0 spiro atoms. The van der Waals surface area contributed by atoms with Crippen LogP contribution in [0.2, 0.25) is 0 Å². The number of benzene rings is 2. The molecule has 0 saturated carbocycles. The number of unbranched alkanes of at least 4 members (excludes halogenated alkanes) is 8. The second kappa shape index (κ2) is 14.3. The Bertz CT molecular complexity index is 1070. The number of carbonyl (C=O) groups is 2. The summed E-state index contributed by atoms with van der Waals surface area (Å²) in [5, 5.41) is 9.89. The smallest absolute Gasteiger partial charge is 0.307 e. The summed E-state index contributed by atoms with van der Waals surface area (Å²) in [5.41, 5.74) is 2.60. The third-order valence-corrected chi connectivity index (χ3v) is 6.48. The van der Waals surface area contributed by atoms with Crippen molar-refractivity contribution in [3.05, 3.63) is 65.9 Å². The standard InChI is InChI=1S/C30H39NO4/c1-2-3-4-5-6-7-8-9-10-15-29(32)27-23-31(28-14-12-11-13-26(27)28)20-21-35-25-18-16-24(17-19-25)22-30(33)34/h11-14,16-19,23H,2-10,15,20-22H2,1H3,(H,33,34). The zero-order valence-corrected chi connectivity index (χ0v) is 21.0. The molecule has 1 aromatic heterocycles. The van der Waals surface area contributed by atoms with Crippen molar-refractivity contribution in [2.75, 3.05) is 6.61 Å². The Hall–Kier alpha value is -3.08. The first-order chi connectivity index (χ1) is 17.1. The molecule has 0 fully saturated rings. The SMILES string of the molecule is CCCCCCCCCCCC(=O)c1cn(CCOc2ccc(CC(=O)O)cc2)c2ccccc12. The number of aromatic nitrogens is 1. The van der Waals surface area contributed by atoms with Crippen LogP contribution < -0.4 is 4.74 Å². The molecule has 0 aliphatic heterocycles. The van der Waals surface area contributed by atoms with Crippen LogP contribution >= 0.6 is 0 Å². The number of ketones is 1. The molecule has 0 unspecified atom stereocenters. The maximum atomic E-state index is 13.0. The number of rotatable bonds is 17. The minimum Gasteiger partial charge on any atom is -0.492 e. The number of para-hydroxylation sites is 1. The van der Waals surface area contributed by atoms with Crippen LogP contribution in [0.3, 0.4) is 0 Å². The molecule has 5 heteroatoms. The third-order valence-electron chi connectivity index (χ3n) is 6.48. The lowest BCUT2D eigenvalue weighted by molar-refractivity contribution is -0.136. The number of nitrogens with zero attached hydrogens (tertiary/aromatic N) is 1. The number of hydrogen-bond acceptors (Lipinski definition) is 3. The Morgan fingerprint density at radius 2 is 1.51 bits per heavy atom. The van der Waals surface area contributed by atoms with Crippen molar-refractivity contribution in [2.45, 2.75) is 84.1 Å². The summed E-state index contributed by atoms with van der Waals surface area (Å²) in [6.07, 6.45) is 13.8. The Morgan fingerprint density at radius 3 is 2.20 bits per heavy atom. The Morgan fingerprint density at radius 1 is 0.857 bits per heavy atom. The molecule has 0 bridgehead atoms. The lowest BCUT2D eigenvalue weighted by atomic mass is 10.0. The largest absolute Gasteiger partial charge is 0.492 e. The summed E-state index contributed by atoms with van der Waals surface area (Å²) in [6, 6.07) is 15.2. The highest BCUT2D eigenvalue weighted by Gasteiger charge is 2.14. The van der Waals surface area contributed by atoms with E-state index in [1.165, 1.54) is 44.9 Å². The second-order valence-electron chi connectivity index (χ2n) is 9.32. The molecule has 0 amide bonds. The summed E-state index contributed by atoms with van der Waals surface area (Å²) in [6.45, 7) is 3.33. The zero-order chi connectivity index (χ0) is 24.9. The molecule has 0 radical (unpaired) electrons. The summed E-state index contributed by atoms with van der Waals surface area (Å²) in [4.78, 5) is 23.8. The summed E-state index contributed by atoms with van der Waals surface area (Å²) in [5.74, 6) is 0.0800. The number of fused-ring (bicyclic) bond motifs is 1. The van der Waals surface area contributed by atoms with Gasteiger partial charge in [0.25, 0.3) is 0 Å². The number of ether oxygens (including phenoxy) is 1. The lowest BCUT2D eigenvalue weighted by Gasteiger charge is -2.09. The van der Waals surface area contributed by atoms with Crippen LogP contribution in [0.5, 0.6) is 5.75 Å². The van der Waals surface area contributed by atoms with Crippen LogP contribution in [0.15, 0.2) is 54.7 Å². The molecule has 0 saturated heterocycles. The number of carbonyl (C=O) groups excluding carboxylic acids is 1. The van der Waals surface area contributed by atoms with Crippen molar-refractivity contribution in [1.82, 2.24) is 4.57 Å². The van der Waals surface area contributed by atoms with Gasteiger partial charge in [-0.1, -0.05) is 88.6 Å². The zero-order valence-electron chi connectivity index (χ0n) is 21.0. The Balaban J connectivity index is 1.48. The van der Waals surface area contributed by atoms with E-state index in [1.807, 2.05) is 30.5 Å². The highest BCUT2D eigenvalue weighted by Crippen LogP contribution is 2.24. The fraction of sp³-hybridized carbons (Fsp3) is 0.467. The maximum absolute atomic E-state index is 13.0. The molecule has 35 heavy (non-hydrogen) atoms. The van der Waals surface area contributed by atoms with Gasteiger partial charge in [0.15, 0.2) is 5.78 Å². The number of Topliss-reactive ketones (excluding diaryl/α,β-unsaturated/α-hetero) is 1. The quantitative estimate of drug-likeness (QED) is 0.162. The molecule has 3 rings (SSSR count). The molecular weight excluding hydrogens is 438 g/mol. The minimum absolute atomic E-state index is 0.00545. The van der Waals surface area contributed by atoms with Crippen molar-refractivity contribution in [2.24, 2.45) is 0 Å². The molecule has 188 valence electrons. The first-order valence-electron chi connectivity index (χ1n) is 13.1. The van der Waals surface area contributed by atoms with E-state index < -0.39 is 5.97 Å². The van der Waals surface area contributed by atoms with E-state index in [0.29, 0.717) is 25.3 Å². The van der Waals surface area contributed by atoms with Crippen molar-refractivity contribution < 1.29 is 19.4 Å². The maximum Gasteiger partial charge on any atom is 0.307 e. The van der Waals surface area contributed by atoms with Gasteiger partial charge in [0.05, 0.1) is 13.0 Å². The molecular formula is C30H39NO4. The fourth-order valence-corrected chi connectivity index (χ4v) is 4.52. The molecule has 1 N–H and O–H groups in total. The van der Waals surface area contributed by atoms with Gasteiger partial charge in [-0.15, -0.1) is 0 Å². The second-order valence-corrected chi connectivity index (χ2v) is 9.32. The number of aliphatic carboxylic acids is 1. The predicted octanol–water partition coefficient (Wildman–Crippen LogP) is 7.45. The van der Waals surface area contributed by atoms with Crippen LogP contribution in [0.4, 0.5) is 0 Å². The van der Waals surface area contributed by atoms with Gasteiger partial charge >= 0.3 is 5.97 Å². The van der Waals surface area contributed by atoms with E-state index in [2.05, 4.69) is 11.5 Å². The van der Waals surface area contributed by atoms with Crippen molar-refractivity contribution >= 4 is 22.7 Å². The summed E-state index contributed by atoms with van der Waals surface area (Å²) >= 11 is 0. The normalized spacial score (nSPS) is 11.1. The average molecular weight is 478 g/mol. The topological polar surface area (TPSA) is 68.5 Å². The van der Waals surface area contributed by atoms with E-state index in [-0.39, 0.29) is 12.2 Å². The van der Waals surface area contributed by atoms with Gasteiger partial charge in [-0.2, -0.15) is 0 Å². The van der Waals surface area contributed by atoms with Gasteiger partial charge in [-0.25, -0.2) is 0 Å². The predicted molar refractivity (Wildman–Crippen MR) is 141 cm³/mol. The lowest BCUT2D eigenvalue weighted by Crippen LogP contribution is -2.07. The van der Waals surface area contributed by atoms with Gasteiger partial charge < -0.3 is 14.4 Å². The van der Waals surface area contributed by atoms with Crippen LogP contribution in [0, 0.1) is 0 Å². The molecule has 5 nitrogen and oxygen atoms in total. The molecule has 1 heterocycles. The van der Waals surface area contributed by atoms with Gasteiger partial charge in [0.2, 0.25) is 0 Å². The van der Waals surface area contributed by atoms with Crippen molar-refractivity contribution in [1.29, 1.82) is 0 Å². The van der Waals surface area contributed by atoms with Crippen LogP contribution in [-0.4, -0.2) is 28.0 Å². The number of hydrogen-bond donors (Lipinski definition) is 1. The van der Waals surface area contributed by atoms with E-state index >= 15 is 0 Å². The summed E-state index contributed by atoms with van der Waals surface area (Å²) < 4.78 is 7.96. The van der Waals surface area contributed by atoms with E-state index in [4.69, 9.17) is 9.84 Å². The molecule has 0 aliphatic carbocycles. The number of carboxylic acid groups (broad SMARTS) is 1. The first-order valence-corrected chi connectivity index (χ1v) is 13.1. The van der Waals surface area contributed by atoms with Crippen molar-refractivity contribution in [3.8, 4) is 5.75 Å². The van der Waals surface area contributed by atoms with Crippen LogP contribution in [-0.2, 0) is 17.8 Å². The van der Waals surface area contributed by atoms with Crippen LogP contribution in [0.1, 0.15) is 87.1 Å². The highest BCUT2D eigenvalue weighted by molar-refractivity contribution is 6.08. The monoisotopic (exact) mass is 477 g/mol. The molecule has 0 atom stereocenters. The first kappa shape index (κ1) is 26.5.